The number of hydrogen-bond donors (Lipinski definition) is 0. The molecule has 2 bridgehead atoms. The first-order chi connectivity index (χ1) is 14.9. The molecule has 9 nitrogen and oxygen atoms in total. The van der Waals surface area contributed by atoms with Crippen LogP contribution in [0.5, 0.6) is 0 Å². The molecule has 3 atom stereocenters. The highest BCUT2D eigenvalue weighted by Crippen LogP contribution is 2.37. The minimum absolute atomic E-state index is 0.0321. The van der Waals surface area contributed by atoms with Crippen molar-refractivity contribution in [3.8, 4) is 0 Å². The van der Waals surface area contributed by atoms with Crippen LogP contribution in [-0.2, 0) is 42.6 Å². The number of ether oxygens (including phenoxy) is 9. The Bertz CT molecular complexity index is 431. The van der Waals surface area contributed by atoms with Gasteiger partial charge in [0.2, 0.25) is 0 Å². The van der Waals surface area contributed by atoms with E-state index in [2.05, 4.69) is 0 Å². The summed E-state index contributed by atoms with van der Waals surface area (Å²) in [6.07, 6.45) is 3.54. The first-order valence-electron chi connectivity index (χ1n) is 11.3. The summed E-state index contributed by atoms with van der Waals surface area (Å²) in [6, 6.07) is 0. The van der Waals surface area contributed by atoms with E-state index in [1.807, 2.05) is 0 Å². The van der Waals surface area contributed by atoms with Crippen molar-refractivity contribution in [2.45, 2.75) is 43.7 Å². The van der Waals surface area contributed by atoms with Gasteiger partial charge >= 0.3 is 0 Å². The van der Waals surface area contributed by atoms with Crippen LogP contribution in [0.25, 0.3) is 0 Å². The molecule has 3 aliphatic heterocycles. The summed E-state index contributed by atoms with van der Waals surface area (Å²) in [5.74, 6) is -0.650. The Morgan fingerprint density at radius 2 is 1.03 bits per heavy atom. The van der Waals surface area contributed by atoms with Crippen molar-refractivity contribution in [1.29, 1.82) is 0 Å². The quantitative estimate of drug-likeness (QED) is 0.558. The lowest BCUT2D eigenvalue weighted by Gasteiger charge is -2.47. The predicted molar refractivity (Wildman–Crippen MR) is 107 cm³/mol. The summed E-state index contributed by atoms with van der Waals surface area (Å²) in [4.78, 5) is 0. The maximum Gasteiger partial charge on any atom is 0.194 e. The Kier molecular flexibility index (Phi) is 11.9. The topological polar surface area (TPSA) is 83.1 Å². The third kappa shape index (κ3) is 8.64. The fourth-order valence-electron chi connectivity index (χ4n) is 3.79. The highest BCUT2D eigenvalue weighted by atomic mass is 16.7. The third-order valence-electron chi connectivity index (χ3n) is 5.36. The monoisotopic (exact) mass is 434 g/mol. The first kappa shape index (κ1) is 24.3. The molecule has 3 rings (SSSR count). The molecule has 0 unspecified atom stereocenters. The number of fused-ring (bicyclic) bond motifs is 3. The molecule has 0 aliphatic carbocycles. The van der Waals surface area contributed by atoms with Crippen LogP contribution in [0.4, 0.5) is 0 Å². The van der Waals surface area contributed by atoms with Gasteiger partial charge in [-0.05, 0) is 12.8 Å². The minimum atomic E-state index is -0.650. The highest BCUT2D eigenvalue weighted by Gasteiger charge is 2.48. The van der Waals surface area contributed by atoms with Gasteiger partial charge in [0.15, 0.2) is 5.79 Å². The summed E-state index contributed by atoms with van der Waals surface area (Å²) in [5.41, 5.74) is 0. The Morgan fingerprint density at radius 3 is 1.57 bits per heavy atom. The van der Waals surface area contributed by atoms with Gasteiger partial charge in [0, 0.05) is 12.8 Å². The molecule has 0 aromatic carbocycles. The molecule has 3 aliphatic rings. The standard InChI is InChI=1S/C21H38O9/c1-2-4-29-21(3-1)20-17-19(18-30-21)27-15-13-25-11-9-23-7-5-22-6-8-24-10-12-26-14-16-28-20/h19-20H,1-18H2/t19-,20+,21-/m0/s1. The van der Waals surface area contributed by atoms with Gasteiger partial charge in [0.25, 0.3) is 0 Å². The molecule has 3 fully saturated rings. The van der Waals surface area contributed by atoms with Gasteiger partial charge < -0.3 is 42.6 Å². The van der Waals surface area contributed by atoms with E-state index in [4.69, 9.17) is 42.6 Å². The molecule has 0 N–H and O–H groups in total. The lowest BCUT2D eigenvalue weighted by molar-refractivity contribution is -0.338. The molecule has 3 heterocycles. The molecule has 30 heavy (non-hydrogen) atoms. The summed E-state index contributed by atoms with van der Waals surface area (Å²) >= 11 is 0. The van der Waals surface area contributed by atoms with Crippen LogP contribution in [0.1, 0.15) is 25.7 Å². The van der Waals surface area contributed by atoms with E-state index >= 15 is 0 Å². The molecule has 0 aromatic rings. The van der Waals surface area contributed by atoms with E-state index in [9.17, 15) is 0 Å². The fourth-order valence-corrected chi connectivity index (χ4v) is 3.79. The van der Waals surface area contributed by atoms with Gasteiger partial charge in [0.1, 0.15) is 6.10 Å². The van der Waals surface area contributed by atoms with Crippen LogP contribution < -0.4 is 0 Å². The second kappa shape index (κ2) is 14.7. The second-order valence-electron chi connectivity index (χ2n) is 7.58. The molecule has 176 valence electrons. The first-order valence-corrected chi connectivity index (χ1v) is 11.3. The summed E-state index contributed by atoms with van der Waals surface area (Å²) in [7, 11) is 0. The van der Waals surface area contributed by atoms with Crippen LogP contribution in [-0.4, -0.2) is 110 Å². The van der Waals surface area contributed by atoms with Gasteiger partial charge in [-0.25, -0.2) is 0 Å². The summed E-state index contributed by atoms with van der Waals surface area (Å²) < 4.78 is 52.0. The van der Waals surface area contributed by atoms with Crippen molar-refractivity contribution in [2.24, 2.45) is 0 Å². The Balaban J connectivity index is 1.44. The fraction of sp³-hybridized carbons (Fsp3) is 1.00. The molecule has 0 saturated carbocycles. The molecule has 9 heteroatoms. The molecular formula is C21H38O9. The maximum atomic E-state index is 6.17. The van der Waals surface area contributed by atoms with Crippen molar-refractivity contribution in [1.82, 2.24) is 0 Å². The number of hydrogen-bond acceptors (Lipinski definition) is 9. The van der Waals surface area contributed by atoms with Gasteiger partial charge in [-0.3, -0.25) is 0 Å². The molecule has 0 aromatic heterocycles. The normalized spacial score (nSPS) is 35.2. The van der Waals surface area contributed by atoms with Gasteiger partial charge in [-0.15, -0.1) is 0 Å². The Morgan fingerprint density at radius 1 is 0.500 bits per heavy atom. The summed E-state index contributed by atoms with van der Waals surface area (Å²) in [5, 5.41) is 0. The van der Waals surface area contributed by atoms with Crippen molar-refractivity contribution in [3.63, 3.8) is 0 Å². The van der Waals surface area contributed by atoms with E-state index in [0.29, 0.717) is 92.5 Å². The second-order valence-corrected chi connectivity index (χ2v) is 7.58. The smallest absolute Gasteiger partial charge is 0.194 e. The number of rotatable bonds is 0. The zero-order valence-corrected chi connectivity index (χ0v) is 18.1. The van der Waals surface area contributed by atoms with E-state index < -0.39 is 5.79 Å². The molecule has 3 saturated heterocycles. The predicted octanol–water partition coefficient (Wildman–Crippen LogP) is 1.17. The van der Waals surface area contributed by atoms with Crippen molar-refractivity contribution >= 4 is 0 Å². The van der Waals surface area contributed by atoms with Gasteiger partial charge in [-0.1, -0.05) is 0 Å². The van der Waals surface area contributed by atoms with Crippen LogP contribution in [0.15, 0.2) is 0 Å². The van der Waals surface area contributed by atoms with E-state index in [0.717, 1.165) is 25.7 Å². The molecular weight excluding hydrogens is 396 g/mol. The van der Waals surface area contributed by atoms with Crippen LogP contribution >= 0.6 is 0 Å². The lowest BCUT2D eigenvalue weighted by atomic mass is 9.93. The third-order valence-corrected chi connectivity index (χ3v) is 5.36. The van der Waals surface area contributed by atoms with Gasteiger partial charge in [0.05, 0.1) is 98.6 Å². The molecule has 0 radical (unpaired) electrons. The van der Waals surface area contributed by atoms with Crippen LogP contribution in [0, 0.1) is 0 Å². The average molecular weight is 435 g/mol. The van der Waals surface area contributed by atoms with Gasteiger partial charge in [-0.2, -0.15) is 0 Å². The minimum Gasteiger partial charge on any atom is -0.377 e. The van der Waals surface area contributed by atoms with Crippen molar-refractivity contribution in [3.05, 3.63) is 0 Å². The van der Waals surface area contributed by atoms with Crippen molar-refractivity contribution < 1.29 is 42.6 Å². The largest absolute Gasteiger partial charge is 0.377 e. The van der Waals surface area contributed by atoms with E-state index in [-0.39, 0.29) is 12.2 Å². The van der Waals surface area contributed by atoms with Crippen LogP contribution in [0.2, 0.25) is 0 Å². The molecule has 1 spiro atoms. The zero-order chi connectivity index (χ0) is 20.7. The average Bonchev–Trinajstić information content (AvgIpc) is 2.77. The lowest BCUT2D eigenvalue weighted by Crippen LogP contribution is -2.57. The zero-order valence-electron chi connectivity index (χ0n) is 18.1. The summed E-state index contributed by atoms with van der Waals surface area (Å²) in [6.45, 7) is 7.58. The SMILES string of the molecule is C1CC[C@]2(OC1)OC[C@@H]1C[C@H]2OCCOCCOCCOCCOCCOCCO1. The van der Waals surface area contributed by atoms with E-state index in [1.54, 1.807) is 0 Å². The van der Waals surface area contributed by atoms with Crippen molar-refractivity contribution in [2.75, 3.05) is 92.5 Å². The maximum absolute atomic E-state index is 6.17. The van der Waals surface area contributed by atoms with Crippen LogP contribution in [0.3, 0.4) is 0 Å². The Hall–Kier alpha value is -0.360. The van der Waals surface area contributed by atoms with E-state index in [1.165, 1.54) is 0 Å². The highest BCUT2D eigenvalue weighted by molar-refractivity contribution is 4.90. The Labute approximate surface area is 179 Å². The molecule has 0 amide bonds.